The molecule has 1 aliphatic carbocycles. The molecule has 130 valence electrons. The van der Waals surface area contributed by atoms with Crippen LogP contribution in [-0.4, -0.2) is 19.4 Å². The summed E-state index contributed by atoms with van der Waals surface area (Å²) in [7, 11) is 0. The number of fused-ring (bicyclic) bond motifs is 11. The Hall–Kier alpha value is -3.79. The molecular formula is C24H14N4. The highest BCUT2D eigenvalue weighted by atomic mass is 15.1. The fourth-order valence-electron chi connectivity index (χ4n) is 4.70. The summed E-state index contributed by atoms with van der Waals surface area (Å²) in [6.07, 6.45) is 6.48. The van der Waals surface area contributed by atoms with Crippen LogP contribution in [0.25, 0.3) is 49.6 Å². The highest BCUT2D eigenvalue weighted by molar-refractivity contribution is 6.14. The van der Waals surface area contributed by atoms with E-state index in [-0.39, 0.29) is 0 Å². The minimum absolute atomic E-state index is 0.923. The van der Waals surface area contributed by atoms with Crippen LogP contribution in [0.2, 0.25) is 0 Å². The van der Waals surface area contributed by atoms with Crippen molar-refractivity contribution in [3.8, 4) is 11.1 Å². The largest absolute Gasteiger partial charge is 0.274 e. The summed E-state index contributed by atoms with van der Waals surface area (Å²) in [5.74, 6) is 0. The van der Waals surface area contributed by atoms with Crippen molar-refractivity contribution < 1.29 is 0 Å². The van der Waals surface area contributed by atoms with E-state index in [1.165, 1.54) is 33.0 Å². The molecule has 0 bridgehead atoms. The molecule has 2 aromatic carbocycles. The van der Waals surface area contributed by atoms with Crippen molar-refractivity contribution in [1.82, 2.24) is 19.4 Å². The third-order valence-electron chi connectivity index (χ3n) is 5.92. The van der Waals surface area contributed by atoms with E-state index in [1.54, 1.807) is 6.20 Å². The van der Waals surface area contributed by atoms with Crippen molar-refractivity contribution in [1.29, 1.82) is 0 Å². The van der Waals surface area contributed by atoms with E-state index in [0.717, 1.165) is 34.1 Å². The number of nitrogens with zero attached hydrogens (tertiary/aromatic N) is 4. The van der Waals surface area contributed by atoms with Crippen molar-refractivity contribution in [2.24, 2.45) is 0 Å². The van der Waals surface area contributed by atoms with Gasteiger partial charge in [-0.05, 0) is 64.4 Å². The average molecular weight is 358 g/mol. The van der Waals surface area contributed by atoms with Gasteiger partial charge >= 0.3 is 0 Å². The fourth-order valence-corrected chi connectivity index (χ4v) is 4.70. The molecule has 0 amide bonds. The summed E-state index contributed by atoms with van der Waals surface area (Å²) in [6, 6.07) is 19.5. The van der Waals surface area contributed by atoms with Crippen LogP contribution in [0.3, 0.4) is 0 Å². The monoisotopic (exact) mass is 358 g/mol. The van der Waals surface area contributed by atoms with E-state index in [4.69, 9.17) is 9.97 Å². The van der Waals surface area contributed by atoms with Gasteiger partial charge in [0, 0.05) is 23.2 Å². The van der Waals surface area contributed by atoms with Crippen LogP contribution in [0.15, 0.2) is 73.2 Å². The predicted molar refractivity (Wildman–Crippen MR) is 112 cm³/mol. The summed E-state index contributed by atoms with van der Waals surface area (Å²) in [6.45, 7) is 0. The first-order chi connectivity index (χ1) is 13.9. The molecule has 0 atom stereocenters. The van der Waals surface area contributed by atoms with Crippen LogP contribution in [0.1, 0.15) is 11.1 Å². The zero-order valence-corrected chi connectivity index (χ0v) is 14.9. The van der Waals surface area contributed by atoms with Crippen LogP contribution in [0, 0.1) is 0 Å². The number of hydrogen-bond donors (Lipinski definition) is 0. The van der Waals surface area contributed by atoms with Gasteiger partial charge in [0.05, 0.1) is 17.2 Å². The Morgan fingerprint density at radius 1 is 0.750 bits per heavy atom. The third kappa shape index (κ3) is 1.68. The minimum Gasteiger partial charge on any atom is -0.274 e. The van der Waals surface area contributed by atoms with Gasteiger partial charge in [-0.1, -0.05) is 24.3 Å². The lowest BCUT2D eigenvalue weighted by molar-refractivity contribution is 1.22. The second-order valence-corrected chi connectivity index (χ2v) is 7.40. The molecule has 28 heavy (non-hydrogen) atoms. The number of benzene rings is 2. The summed E-state index contributed by atoms with van der Waals surface area (Å²) in [5.41, 5.74) is 9.23. The lowest BCUT2D eigenvalue weighted by Gasteiger charge is -2.10. The van der Waals surface area contributed by atoms with Gasteiger partial charge in [-0.3, -0.25) is 9.38 Å². The smallest absolute Gasteiger partial charge is 0.147 e. The Bertz CT molecular complexity index is 1590. The molecule has 0 spiro atoms. The zero-order chi connectivity index (χ0) is 18.2. The van der Waals surface area contributed by atoms with Crippen LogP contribution in [-0.2, 0) is 6.42 Å². The molecule has 4 heteroatoms. The molecule has 0 saturated heterocycles. The van der Waals surface area contributed by atoms with Crippen molar-refractivity contribution in [3.05, 3.63) is 84.3 Å². The Balaban J connectivity index is 1.74. The summed E-state index contributed by atoms with van der Waals surface area (Å²) in [5, 5.41) is 3.51. The van der Waals surface area contributed by atoms with Crippen molar-refractivity contribution in [3.63, 3.8) is 0 Å². The standard InChI is InChI=1S/C24H14N4/c1-2-5-16-14(4-1)10-15-11-20-19(12-18(15)16)17-6-3-8-26-23(17)28-22-13-25-9-7-21(22)27-24(20)28/h1-9,11-13H,10H2. The van der Waals surface area contributed by atoms with Gasteiger partial charge in [-0.25, -0.2) is 9.97 Å². The quantitative estimate of drug-likeness (QED) is 0.352. The van der Waals surface area contributed by atoms with Crippen LogP contribution in [0.4, 0.5) is 0 Å². The maximum Gasteiger partial charge on any atom is 0.147 e. The molecule has 7 rings (SSSR count). The van der Waals surface area contributed by atoms with E-state index >= 15 is 0 Å². The summed E-state index contributed by atoms with van der Waals surface area (Å²) >= 11 is 0. The maximum atomic E-state index is 4.95. The number of imidazole rings is 1. The molecule has 0 fully saturated rings. The molecule has 0 aliphatic heterocycles. The Morgan fingerprint density at radius 3 is 2.71 bits per heavy atom. The number of hydrogen-bond acceptors (Lipinski definition) is 3. The molecule has 0 N–H and O–H groups in total. The van der Waals surface area contributed by atoms with Crippen LogP contribution < -0.4 is 0 Å². The SMILES string of the molecule is c1ccc2c(c1)Cc1cc3c(cc1-2)c1cccnc1n1c2cnccc2nc31. The van der Waals surface area contributed by atoms with Crippen molar-refractivity contribution >= 4 is 38.5 Å². The van der Waals surface area contributed by atoms with E-state index in [0.29, 0.717) is 0 Å². The third-order valence-corrected chi connectivity index (χ3v) is 5.92. The average Bonchev–Trinajstić information content (AvgIpc) is 3.31. The van der Waals surface area contributed by atoms with Crippen molar-refractivity contribution in [2.45, 2.75) is 6.42 Å². The normalized spacial score (nSPS) is 12.9. The van der Waals surface area contributed by atoms with E-state index in [9.17, 15) is 0 Å². The molecular weight excluding hydrogens is 344 g/mol. The van der Waals surface area contributed by atoms with E-state index in [1.807, 2.05) is 24.5 Å². The van der Waals surface area contributed by atoms with Gasteiger partial charge < -0.3 is 0 Å². The lowest BCUT2D eigenvalue weighted by atomic mass is 9.99. The first-order valence-electron chi connectivity index (χ1n) is 9.42. The first kappa shape index (κ1) is 14.3. The second kappa shape index (κ2) is 4.93. The van der Waals surface area contributed by atoms with Gasteiger partial charge in [0.15, 0.2) is 0 Å². The highest BCUT2D eigenvalue weighted by Gasteiger charge is 2.21. The van der Waals surface area contributed by atoms with Gasteiger partial charge in [0.1, 0.15) is 11.3 Å². The van der Waals surface area contributed by atoms with Gasteiger partial charge in [0.2, 0.25) is 0 Å². The summed E-state index contributed by atoms with van der Waals surface area (Å²) < 4.78 is 2.15. The van der Waals surface area contributed by atoms with Crippen LogP contribution >= 0.6 is 0 Å². The summed E-state index contributed by atoms with van der Waals surface area (Å²) in [4.78, 5) is 14.0. The van der Waals surface area contributed by atoms with E-state index in [2.05, 4.69) is 51.8 Å². The molecule has 0 saturated carbocycles. The molecule has 4 heterocycles. The Labute approximate surface area is 160 Å². The number of pyridine rings is 3. The topological polar surface area (TPSA) is 43.1 Å². The lowest BCUT2D eigenvalue weighted by Crippen LogP contribution is -1.95. The second-order valence-electron chi connectivity index (χ2n) is 7.40. The molecule has 1 aliphatic rings. The zero-order valence-electron chi connectivity index (χ0n) is 14.9. The molecule has 4 nitrogen and oxygen atoms in total. The highest BCUT2D eigenvalue weighted by Crippen LogP contribution is 2.41. The van der Waals surface area contributed by atoms with Gasteiger partial charge in [-0.15, -0.1) is 0 Å². The molecule has 6 aromatic rings. The number of aromatic nitrogens is 4. The van der Waals surface area contributed by atoms with Gasteiger partial charge in [0.25, 0.3) is 0 Å². The van der Waals surface area contributed by atoms with Gasteiger partial charge in [-0.2, -0.15) is 0 Å². The molecule has 0 unspecified atom stereocenters. The minimum atomic E-state index is 0.923. The first-order valence-corrected chi connectivity index (χ1v) is 9.42. The van der Waals surface area contributed by atoms with E-state index < -0.39 is 0 Å². The Morgan fingerprint density at radius 2 is 1.71 bits per heavy atom. The van der Waals surface area contributed by atoms with Crippen molar-refractivity contribution in [2.75, 3.05) is 0 Å². The van der Waals surface area contributed by atoms with Crippen LogP contribution in [0.5, 0.6) is 0 Å². The number of rotatable bonds is 0. The predicted octanol–water partition coefficient (Wildman–Crippen LogP) is 5.16. The molecule has 0 radical (unpaired) electrons. The molecule has 4 aromatic heterocycles. The Kier molecular flexibility index (Phi) is 2.51. The maximum absolute atomic E-state index is 4.95. The fraction of sp³-hybridized carbons (Fsp3) is 0.0417.